The van der Waals surface area contributed by atoms with Gasteiger partial charge in [0.25, 0.3) is 23.6 Å². The third-order valence-corrected chi connectivity index (χ3v) is 10.1. The molecule has 0 saturated carbocycles. The van der Waals surface area contributed by atoms with Crippen molar-refractivity contribution in [2.75, 3.05) is 0 Å². The minimum absolute atomic E-state index is 0.101. The van der Waals surface area contributed by atoms with Gasteiger partial charge in [0.15, 0.2) is 0 Å². The largest absolute Gasteiger partial charge is 0.288 e. The van der Waals surface area contributed by atoms with Gasteiger partial charge in [-0.25, -0.2) is 0 Å². The van der Waals surface area contributed by atoms with E-state index < -0.39 is 17.7 Å². The molecule has 40 heavy (non-hydrogen) atoms. The summed E-state index contributed by atoms with van der Waals surface area (Å²) < 4.78 is 1.53. The molecule has 7 rings (SSSR count). The van der Waals surface area contributed by atoms with Crippen LogP contribution in [0.3, 0.4) is 0 Å². The van der Waals surface area contributed by atoms with E-state index in [9.17, 15) is 19.2 Å². The second-order valence-electron chi connectivity index (χ2n) is 10.7. The summed E-state index contributed by atoms with van der Waals surface area (Å²) in [6, 6.07) is 9.14. The number of hydrogen-bond acceptors (Lipinski definition) is 4. The van der Waals surface area contributed by atoms with E-state index in [1.54, 1.807) is 18.2 Å². The smallest absolute Gasteiger partial charge is 0.259 e. The van der Waals surface area contributed by atoms with Crippen LogP contribution in [-0.4, -0.2) is 23.6 Å². The number of benzene rings is 5. The van der Waals surface area contributed by atoms with E-state index in [-0.39, 0.29) is 11.8 Å². The van der Waals surface area contributed by atoms with Gasteiger partial charge in [-0.3, -0.25) is 29.8 Å². The molecule has 0 bridgehead atoms. The van der Waals surface area contributed by atoms with Crippen LogP contribution in [0.25, 0.3) is 43.1 Å². The van der Waals surface area contributed by atoms with Crippen molar-refractivity contribution in [1.29, 1.82) is 0 Å². The molecule has 8 heteroatoms. The number of imide groups is 2. The summed E-state index contributed by atoms with van der Waals surface area (Å²) in [5, 5.41) is 11.4. The summed E-state index contributed by atoms with van der Waals surface area (Å²) in [6.07, 6.45) is 5.00. The number of halogens is 2. The van der Waals surface area contributed by atoms with Crippen molar-refractivity contribution in [3.63, 3.8) is 0 Å². The number of carbonyl (C=O) groups excluding carboxylic acids is 4. The number of hydrogen-bond donors (Lipinski definition) is 2. The van der Waals surface area contributed by atoms with Crippen LogP contribution >= 0.6 is 31.9 Å². The summed E-state index contributed by atoms with van der Waals surface area (Å²) in [7, 11) is 0. The molecular formula is C32H24Br2N2O4. The van der Waals surface area contributed by atoms with Crippen molar-refractivity contribution >= 4 is 98.6 Å². The zero-order valence-electron chi connectivity index (χ0n) is 21.9. The van der Waals surface area contributed by atoms with Crippen molar-refractivity contribution in [2.24, 2.45) is 0 Å². The number of rotatable bonds is 6. The van der Waals surface area contributed by atoms with Crippen LogP contribution in [0.1, 0.15) is 98.9 Å². The topological polar surface area (TPSA) is 92.3 Å². The third kappa shape index (κ3) is 3.26. The minimum atomic E-state index is -0.416. The molecule has 0 aromatic heterocycles. The van der Waals surface area contributed by atoms with Crippen LogP contribution in [-0.2, 0) is 0 Å². The van der Waals surface area contributed by atoms with Crippen molar-refractivity contribution < 1.29 is 19.2 Å². The predicted molar refractivity (Wildman–Crippen MR) is 164 cm³/mol. The van der Waals surface area contributed by atoms with Gasteiger partial charge in [-0.1, -0.05) is 61.2 Å². The quantitative estimate of drug-likeness (QED) is 0.0834. The number of nitrogens with one attached hydrogen (secondary N) is 2. The average molecular weight is 660 g/mol. The standard InChI is InChI=1S/C32H24Br2N2O4/c1-3-5-6-7-13(4-2)20-27-24-18(31(39)36-32(27)40)12-19(33)23-14-8-10-16-22-17(30(38)35-29(16)37)11-9-15(21(14)22)25(26(23)24)28(20)34/h8-13H,3-7H2,1-2H3,(H,35,37,38)(H,36,39,40). The minimum Gasteiger partial charge on any atom is -0.288 e. The molecule has 200 valence electrons. The molecule has 5 aromatic rings. The van der Waals surface area contributed by atoms with E-state index in [0.29, 0.717) is 37.5 Å². The normalized spacial score (nSPS) is 15.5. The molecule has 6 nitrogen and oxygen atoms in total. The van der Waals surface area contributed by atoms with Crippen LogP contribution in [0.15, 0.2) is 39.3 Å². The Labute approximate surface area is 246 Å². The van der Waals surface area contributed by atoms with E-state index >= 15 is 0 Å². The highest BCUT2D eigenvalue weighted by Crippen LogP contribution is 2.52. The molecule has 0 fully saturated rings. The first-order valence-electron chi connectivity index (χ1n) is 13.6. The lowest BCUT2D eigenvalue weighted by molar-refractivity contribution is 0.0828. The lowest BCUT2D eigenvalue weighted by atomic mass is 9.78. The number of amides is 4. The van der Waals surface area contributed by atoms with Crippen LogP contribution in [0.4, 0.5) is 0 Å². The zero-order chi connectivity index (χ0) is 28.0. The first kappa shape index (κ1) is 25.6. The van der Waals surface area contributed by atoms with Crippen molar-refractivity contribution in [3.8, 4) is 0 Å². The Balaban J connectivity index is 1.75. The molecule has 1 unspecified atom stereocenters. The van der Waals surface area contributed by atoms with E-state index in [2.05, 4.69) is 56.3 Å². The molecule has 2 aliphatic heterocycles. The number of unbranched alkanes of at least 4 members (excludes halogenated alkanes) is 2. The van der Waals surface area contributed by atoms with Gasteiger partial charge in [-0.05, 0) is 74.6 Å². The van der Waals surface area contributed by atoms with Crippen LogP contribution in [0, 0.1) is 0 Å². The monoisotopic (exact) mass is 658 g/mol. The van der Waals surface area contributed by atoms with Crippen molar-refractivity contribution in [3.05, 3.63) is 67.1 Å². The molecule has 0 radical (unpaired) electrons. The van der Waals surface area contributed by atoms with E-state index in [1.807, 2.05) is 12.1 Å². The highest BCUT2D eigenvalue weighted by atomic mass is 79.9. The van der Waals surface area contributed by atoms with E-state index in [4.69, 9.17) is 0 Å². The van der Waals surface area contributed by atoms with Gasteiger partial charge in [0.2, 0.25) is 0 Å². The Morgan fingerprint density at radius 3 is 1.95 bits per heavy atom. The van der Waals surface area contributed by atoms with Gasteiger partial charge in [-0.15, -0.1) is 0 Å². The molecule has 4 amide bonds. The van der Waals surface area contributed by atoms with Crippen LogP contribution in [0.5, 0.6) is 0 Å². The summed E-state index contributed by atoms with van der Waals surface area (Å²) >= 11 is 7.71. The Hall–Kier alpha value is -3.36. The van der Waals surface area contributed by atoms with Crippen molar-refractivity contribution in [2.45, 2.75) is 51.9 Å². The van der Waals surface area contributed by atoms with E-state index in [0.717, 1.165) is 74.5 Å². The molecule has 2 N–H and O–H groups in total. The average Bonchev–Trinajstić information content (AvgIpc) is 2.93. The van der Waals surface area contributed by atoms with Gasteiger partial charge in [-0.2, -0.15) is 0 Å². The number of carbonyl (C=O) groups is 4. The fraction of sp³-hybridized carbons (Fsp3) is 0.250. The fourth-order valence-electron chi connectivity index (χ4n) is 6.92. The highest BCUT2D eigenvalue weighted by molar-refractivity contribution is 9.11. The van der Waals surface area contributed by atoms with Gasteiger partial charge in [0, 0.05) is 52.6 Å². The fourth-order valence-corrected chi connectivity index (χ4v) is 8.49. The zero-order valence-corrected chi connectivity index (χ0v) is 25.1. The molecule has 0 saturated heterocycles. The molecule has 5 aromatic carbocycles. The van der Waals surface area contributed by atoms with Gasteiger partial charge in [0.1, 0.15) is 0 Å². The molecule has 1 atom stereocenters. The second kappa shape index (κ2) is 9.08. The van der Waals surface area contributed by atoms with Gasteiger partial charge >= 0.3 is 0 Å². The lowest BCUT2D eigenvalue weighted by Gasteiger charge is -2.29. The first-order valence-corrected chi connectivity index (χ1v) is 15.2. The number of fused-ring (bicyclic) bond motifs is 2. The molecule has 2 heterocycles. The Morgan fingerprint density at radius 1 is 0.675 bits per heavy atom. The SMILES string of the molecule is CCCCCC(CC)c1c2c3c(cc(Br)c4c5ccc6c7c(ccc(c(c1Br)c34)c75)C(=O)NC6=O)C(=O)NC2=O. The maximum absolute atomic E-state index is 13.6. The van der Waals surface area contributed by atoms with Crippen LogP contribution < -0.4 is 10.6 Å². The van der Waals surface area contributed by atoms with E-state index in [1.165, 1.54) is 0 Å². The summed E-state index contributed by atoms with van der Waals surface area (Å²) in [5.74, 6) is -1.52. The van der Waals surface area contributed by atoms with Crippen molar-refractivity contribution in [1.82, 2.24) is 10.6 Å². The summed E-state index contributed by atoms with van der Waals surface area (Å²) in [5.41, 5.74) is 2.84. The molecule has 2 aliphatic rings. The predicted octanol–water partition coefficient (Wildman–Crippen LogP) is 8.10. The maximum Gasteiger partial charge on any atom is 0.259 e. The summed E-state index contributed by atoms with van der Waals surface area (Å²) in [4.78, 5) is 52.6. The Morgan fingerprint density at radius 2 is 1.30 bits per heavy atom. The van der Waals surface area contributed by atoms with Gasteiger partial charge < -0.3 is 0 Å². The Kier molecular flexibility index (Phi) is 5.81. The highest BCUT2D eigenvalue weighted by Gasteiger charge is 2.36. The second-order valence-corrected chi connectivity index (χ2v) is 12.4. The molecular weight excluding hydrogens is 636 g/mol. The van der Waals surface area contributed by atoms with Crippen LogP contribution in [0.2, 0.25) is 0 Å². The first-order chi connectivity index (χ1) is 19.3. The summed E-state index contributed by atoms with van der Waals surface area (Å²) in [6.45, 7) is 4.31. The molecule has 0 spiro atoms. The lowest BCUT2D eigenvalue weighted by Crippen LogP contribution is -2.36. The Bertz CT molecular complexity index is 1990. The third-order valence-electron chi connectivity index (χ3n) is 8.68. The molecule has 0 aliphatic carbocycles. The van der Waals surface area contributed by atoms with Gasteiger partial charge in [0.05, 0.1) is 5.56 Å². The maximum atomic E-state index is 13.6.